The molecule has 2 aromatic rings. The molecule has 0 heterocycles. The van der Waals surface area contributed by atoms with Crippen molar-refractivity contribution < 1.29 is 22.0 Å². The molecule has 0 saturated heterocycles. The van der Waals surface area contributed by atoms with Crippen LogP contribution in [-0.2, 0) is 14.8 Å². The second-order valence-electron chi connectivity index (χ2n) is 6.34. The third-order valence-electron chi connectivity index (χ3n) is 4.49. The summed E-state index contributed by atoms with van der Waals surface area (Å²) >= 11 is 2.85. The Balaban J connectivity index is 1.86. The maximum absolute atomic E-state index is 14.0. The van der Waals surface area contributed by atoms with Gasteiger partial charge in [0.25, 0.3) is 0 Å². The molecule has 0 bridgehead atoms. The Morgan fingerprint density at radius 1 is 1.11 bits per heavy atom. The lowest BCUT2D eigenvalue weighted by Crippen LogP contribution is -2.50. The summed E-state index contributed by atoms with van der Waals surface area (Å²) < 4.78 is 54.9. The molecule has 1 amide bonds. The van der Waals surface area contributed by atoms with Crippen LogP contribution in [0.3, 0.4) is 0 Å². The highest BCUT2D eigenvalue weighted by atomic mass is 79.9. The third kappa shape index (κ3) is 4.53. The van der Waals surface area contributed by atoms with Gasteiger partial charge in [0.15, 0.2) is 0 Å². The van der Waals surface area contributed by atoms with Crippen LogP contribution in [0.1, 0.15) is 19.3 Å². The number of rotatable bonds is 6. The number of hydrogen-bond donors (Lipinski definition) is 2. The molecule has 9 heteroatoms. The zero-order chi connectivity index (χ0) is 19.6. The van der Waals surface area contributed by atoms with E-state index in [-0.39, 0.29) is 10.4 Å². The van der Waals surface area contributed by atoms with Crippen LogP contribution in [0.25, 0.3) is 0 Å². The smallest absolute Gasteiger partial charge is 0.244 e. The standard InChI is InChI=1S/C18H17BrF2N2O3S/c19-13-9-16(15(21)10-14(13)20)27(25,26)23-17(11-5-4-6-11)18(24)22-12-7-2-1-3-8-12/h1-3,7-11,17,23H,4-6H2,(H,22,24). The van der Waals surface area contributed by atoms with E-state index in [1.54, 1.807) is 30.3 Å². The molecule has 2 aromatic carbocycles. The highest BCUT2D eigenvalue weighted by Crippen LogP contribution is 2.32. The van der Waals surface area contributed by atoms with Gasteiger partial charge in [-0.25, -0.2) is 17.2 Å². The first-order chi connectivity index (χ1) is 12.8. The number of carbonyl (C=O) groups excluding carboxylic acids is 1. The molecule has 27 heavy (non-hydrogen) atoms. The molecule has 1 saturated carbocycles. The lowest BCUT2D eigenvalue weighted by atomic mass is 9.80. The average molecular weight is 459 g/mol. The molecule has 0 aromatic heterocycles. The third-order valence-corrected chi connectivity index (χ3v) is 6.56. The lowest BCUT2D eigenvalue weighted by molar-refractivity contribution is -0.119. The van der Waals surface area contributed by atoms with E-state index in [2.05, 4.69) is 26.0 Å². The molecule has 0 spiro atoms. The molecule has 5 nitrogen and oxygen atoms in total. The van der Waals surface area contributed by atoms with E-state index in [0.29, 0.717) is 24.6 Å². The molecular weight excluding hydrogens is 442 g/mol. The van der Waals surface area contributed by atoms with Crippen LogP contribution in [0.5, 0.6) is 0 Å². The van der Waals surface area contributed by atoms with Crippen LogP contribution in [0.2, 0.25) is 0 Å². The number of carbonyl (C=O) groups is 1. The van der Waals surface area contributed by atoms with Gasteiger partial charge in [0, 0.05) is 11.8 Å². The molecule has 144 valence electrons. The first kappa shape index (κ1) is 19.9. The van der Waals surface area contributed by atoms with Crippen molar-refractivity contribution in [2.75, 3.05) is 5.32 Å². The predicted molar refractivity (Wildman–Crippen MR) is 101 cm³/mol. The molecule has 0 radical (unpaired) electrons. The van der Waals surface area contributed by atoms with Crippen LogP contribution in [0.4, 0.5) is 14.5 Å². The SMILES string of the molecule is O=C(Nc1ccccc1)C(NS(=O)(=O)c1cc(Br)c(F)cc1F)C1CCC1. The van der Waals surface area contributed by atoms with Gasteiger partial charge in [0.2, 0.25) is 15.9 Å². The molecule has 1 atom stereocenters. The first-order valence-corrected chi connectivity index (χ1v) is 10.6. The highest BCUT2D eigenvalue weighted by molar-refractivity contribution is 9.10. The molecule has 1 fully saturated rings. The number of nitrogens with one attached hydrogen (secondary N) is 2. The Bertz CT molecular complexity index is 951. The van der Waals surface area contributed by atoms with Gasteiger partial charge in [-0.3, -0.25) is 4.79 Å². The summed E-state index contributed by atoms with van der Waals surface area (Å²) in [6, 6.07) is 8.92. The van der Waals surface area contributed by atoms with E-state index < -0.39 is 38.5 Å². The molecule has 1 aliphatic rings. The van der Waals surface area contributed by atoms with Crippen molar-refractivity contribution in [3.63, 3.8) is 0 Å². The van der Waals surface area contributed by atoms with Crippen LogP contribution in [0.15, 0.2) is 51.8 Å². The van der Waals surface area contributed by atoms with Crippen molar-refractivity contribution in [1.29, 1.82) is 0 Å². The highest BCUT2D eigenvalue weighted by Gasteiger charge is 2.37. The molecule has 3 rings (SSSR count). The van der Waals surface area contributed by atoms with E-state index in [1.165, 1.54) is 0 Å². The summed E-state index contributed by atoms with van der Waals surface area (Å²) in [6.45, 7) is 0. The fourth-order valence-electron chi connectivity index (χ4n) is 2.82. The van der Waals surface area contributed by atoms with Crippen molar-refractivity contribution in [3.8, 4) is 0 Å². The molecule has 0 aliphatic heterocycles. The lowest BCUT2D eigenvalue weighted by Gasteiger charge is -2.33. The van der Waals surface area contributed by atoms with Gasteiger partial charge in [-0.15, -0.1) is 0 Å². The van der Waals surface area contributed by atoms with Crippen molar-refractivity contribution in [2.45, 2.75) is 30.2 Å². The van der Waals surface area contributed by atoms with Gasteiger partial charge < -0.3 is 5.32 Å². The van der Waals surface area contributed by atoms with E-state index in [4.69, 9.17) is 0 Å². The fourth-order valence-corrected chi connectivity index (χ4v) is 4.66. The predicted octanol–water partition coefficient (Wildman–Crippen LogP) is 3.81. The Labute approximate surface area is 164 Å². The second kappa shape index (κ2) is 8.04. The quantitative estimate of drug-likeness (QED) is 0.646. The summed E-state index contributed by atoms with van der Waals surface area (Å²) in [4.78, 5) is 11.9. The number of amides is 1. The normalized spacial score (nSPS) is 15.8. The minimum atomic E-state index is -4.37. The number of halogens is 3. The average Bonchev–Trinajstić information content (AvgIpc) is 2.56. The van der Waals surface area contributed by atoms with E-state index in [1.807, 2.05) is 0 Å². The van der Waals surface area contributed by atoms with Crippen LogP contribution in [-0.4, -0.2) is 20.4 Å². The van der Waals surface area contributed by atoms with Crippen molar-refractivity contribution in [1.82, 2.24) is 4.72 Å². The van der Waals surface area contributed by atoms with Gasteiger partial charge in [-0.05, 0) is 52.9 Å². The monoisotopic (exact) mass is 458 g/mol. The summed E-state index contributed by atoms with van der Waals surface area (Å²) in [6.07, 6.45) is 2.26. The van der Waals surface area contributed by atoms with E-state index >= 15 is 0 Å². The maximum Gasteiger partial charge on any atom is 0.244 e. The minimum Gasteiger partial charge on any atom is -0.325 e. The van der Waals surface area contributed by atoms with Gasteiger partial charge in [0.1, 0.15) is 22.6 Å². The Morgan fingerprint density at radius 3 is 2.37 bits per heavy atom. The maximum atomic E-state index is 14.0. The fraction of sp³-hybridized carbons (Fsp3) is 0.278. The van der Waals surface area contributed by atoms with Crippen molar-refractivity contribution in [3.05, 3.63) is 58.6 Å². The Kier molecular flexibility index (Phi) is 5.92. The summed E-state index contributed by atoms with van der Waals surface area (Å²) in [5, 5.41) is 2.67. The van der Waals surface area contributed by atoms with E-state index in [9.17, 15) is 22.0 Å². The summed E-state index contributed by atoms with van der Waals surface area (Å²) in [7, 11) is -4.37. The number of hydrogen-bond acceptors (Lipinski definition) is 3. The summed E-state index contributed by atoms with van der Waals surface area (Å²) in [5.41, 5.74) is 0.529. The van der Waals surface area contributed by atoms with Crippen LogP contribution in [0, 0.1) is 17.6 Å². The zero-order valence-corrected chi connectivity index (χ0v) is 16.5. The van der Waals surface area contributed by atoms with Gasteiger partial charge in [0.05, 0.1) is 4.47 Å². The number of sulfonamides is 1. The van der Waals surface area contributed by atoms with E-state index in [0.717, 1.165) is 12.5 Å². The Hall–Kier alpha value is -1.84. The largest absolute Gasteiger partial charge is 0.325 e. The number of anilines is 1. The molecular formula is C18H17BrF2N2O3S. The molecule has 1 unspecified atom stereocenters. The second-order valence-corrected chi connectivity index (χ2v) is 8.88. The molecule has 1 aliphatic carbocycles. The van der Waals surface area contributed by atoms with Gasteiger partial charge >= 0.3 is 0 Å². The Morgan fingerprint density at radius 2 is 1.78 bits per heavy atom. The van der Waals surface area contributed by atoms with Crippen LogP contribution >= 0.6 is 15.9 Å². The van der Waals surface area contributed by atoms with Crippen LogP contribution < -0.4 is 10.0 Å². The topological polar surface area (TPSA) is 75.3 Å². The number of benzene rings is 2. The summed E-state index contributed by atoms with van der Waals surface area (Å²) in [5.74, 6) is -2.84. The number of para-hydroxylation sites is 1. The first-order valence-electron chi connectivity index (χ1n) is 8.31. The van der Waals surface area contributed by atoms with Gasteiger partial charge in [-0.2, -0.15) is 4.72 Å². The van der Waals surface area contributed by atoms with Crippen molar-refractivity contribution in [2.24, 2.45) is 5.92 Å². The van der Waals surface area contributed by atoms with Gasteiger partial charge in [-0.1, -0.05) is 24.6 Å². The zero-order valence-electron chi connectivity index (χ0n) is 14.1. The van der Waals surface area contributed by atoms with Crippen molar-refractivity contribution >= 4 is 37.5 Å². The minimum absolute atomic E-state index is 0.182. The molecule has 2 N–H and O–H groups in total.